The molecule has 0 spiro atoms. The van der Waals surface area contributed by atoms with Crippen molar-refractivity contribution >= 4 is 5.82 Å². The molecule has 6 heteroatoms. The molecule has 1 aromatic carbocycles. The van der Waals surface area contributed by atoms with Crippen LogP contribution >= 0.6 is 0 Å². The number of hydrogen-bond acceptors (Lipinski definition) is 5. The van der Waals surface area contributed by atoms with Gasteiger partial charge < -0.3 is 14.8 Å². The molecule has 2 heterocycles. The van der Waals surface area contributed by atoms with E-state index in [1.165, 1.54) is 12.1 Å². The highest BCUT2D eigenvalue weighted by atomic mass is 19.1. The predicted molar refractivity (Wildman–Crippen MR) is 77.8 cm³/mol. The zero-order valence-electron chi connectivity index (χ0n) is 11.8. The van der Waals surface area contributed by atoms with E-state index in [9.17, 15) is 4.39 Å². The lowest BCUT2D eigenvalue weighted by molar-refractivity contribution is -0.0172. The molecule has 0 bridgehead atoms. The number of halogens is 1. The SMILES string of the molecule is N#Cc1cccc(NCCc2cc(F)cc3c2OCOC3)n1. The topological polar surface area (TPSA) is 67.2 Å². The van der Waals surface area contributed by atoms with Crippen molar-refractivity contribution in [2.24, 2.45) is 0 Å². The minimum Gasteiger partial charge on any atom is -0.467 e. The number of anilines is 1. The molecule has 1 aliphatic heterocycles. The largest absolute Gasteiger partial charge is 0.467 e. The molecule has 0 radical (unpaired) electrons. The van der Waals surface area contributed by atoms with Crippen LogP contribution in [0.15, 0.2) is 30.3 Å². The molecule has 0 aliphatic carbocycles. The molecule has 1 N–H and O–H groups in total. The van der Waals surface area contributed by atoms with Crippen molar-refractivity contribution in [2.45, 2.75) is 13.0 Å². The maximum absolute atomic E-state index is 13.6. The Labute approximate surface area is 127 Å². The molecule has 22 heavy (non-hydrogen) atoms. The Balaban J connectivity index is 1.69. The Kier molecular flexibility index (Phi) is 4.17. The highest BCUT2D eigenvalue weighted by molar-refractivity contribution is 5.44. The average molecular weight is 299 g/mol. The van der Waals surface area contributed by atoms with E-state index in [1.54, 1.807) is 18.2 Å². The number of nitriles is 1. The summed E-state index contributed by atoms with van der Waals surface area (Å²) in [6.07, 6.45) is 0.582. The van der Waals surface area contributed by atoms with Gasteiger partial charge in [-0.3, -0.25) is 0 Å². The summed E-state index contributed by atoms with van der Waals surface area (Å²) in [6.45, 7) is 1.10. The van der Waals surface area contributed by atoms with Crippen molar-refractivity contribution in [2.75, 3.05) is 18.7 Å². The first-order valence-electron chi connectivity index (χ1n) is 6.89. The number of nitrogens with zero attached hydrogens (tertiary/aromatic N) is 2. The third kappa shape index (κ3) is 3.15. The smallest absolute Gasteiger partial charge is 0.189 e. The molecule has 1 aromatic heterocycles. The maximum atomic E-state index is 13.6. The van der Waals surface area contributed by atoms with Crippen LogP contribution in [-0.2, 0) is 17.8 Å². The highest BCUT2D eigenvalue weighted by Gasteiger charge is 2.16. The zero-order chi connectivity index (χ0) is 15.4. The number of aromatic nitrogens is 1. The van der Waals surface area contributed by atoms with E-state index < -0.39 is 0 Å². The van der Waals surface area contributed by atoms with Crippen LogP contribution in [0.1, 0.15) is 16.8 Å². The van der Waals surface area contributed by atoms with E-state index in [2.05, 4.69) is 10.3 Å². The van der Waals surface area contributed by atoms with Crippen LogP contribution in [-0.4, -0.2) is 18.3 Å². The highest BCUT2D eigenvalue weighted by Crippen LogP contribution is 2.29. The summed E-state index contributed by atoms with van der Waals surface area (Å²) in [7, 11) is 0. The van der Waals surface area contributed by atoms with Crippen LogP contribution in [0.2, 0.25) is 0 Å². The zero-order valence-corrected chi connectivity index (χ0v) is 11.8. The molecule has 0 unspecified atom stereocenters. The molecule has 5 nitrogen and oxygen atoms in total. The van der Waals surface area contributed by atoms with Crippen LogP contribution < -0.4 is 10.1 Å². The second kappa shape index (κ2) is 6.41. The van der Waals surface area contributed by atoms with Gasteiger partial charge in [0.05, 0.1) is 6.61 Å². The Morgan fingerprint density at radius 1 is 1.36 bits per heavy atom. The first-order valence-corrected chi connectivity index (χ1v) is 6.89. The molecular formula is C16H14FN3O2. The van der Waals surface area contributed by atoms with Gasteiger partial charge in [-0.05, 0) is 36.2 Å². The van der Waals surface area contributed by atoms with Gasteiger partial charge in [-0.25, -0.2) is 9.37 Å². The van der Waals surface area contributed by atoms with Crippen molar-refractivity contribution in [1.82, 2.24) is 4.98 Å². The Morgan fingerprint density at radius 3 is 3.14 bits per heavy atom. The van der Waals surface area contributed by atoms with E-state index in [4.69, 9.17) is 14.7 Å². The number of rotatable bonds is 4. The monoisotopic (exact) mass is 299 g/mol. The Morgan fingerprint density at radius 2 is 2.27 bits per heavy atom. The summed E-state index contributed by atoms with van der Waals surface area (Å²) in [5.74, 6) is 1.02. The fourth-order valence-corrected chi connectivity index (χ4v) is 2.36. The van der Waals surface area contributed by atoms with Crippen molar-refractivity contribution in [1.29, 1.82) is 5.26 Å². The Hall–Kier alpha value is -2.65. The van der Waals surface area contributed by atoms with Gasteiger partial charge in [0.1, 0.15) is 29.1 Å². The van der Waals surface area contributed by atoms with Crippen LogP contribution in [0.4, 0.5) is 10.2 Å². The van der Waals surface area contributed by atoms with E-state index in [0.717, 1.165) is 11.1 Å². The molecule has 112 valence electrons. The minimum atomic E-state index is -0.299. The summed E-state index contributed by atoms with van der Waals surface area (Å²) in [4.78, 5) is 4.13. The number of ether oxygens (including phenoxy) is 2. The standard InChI is InChI=1S/C16H14FN3O2/c17-13-6-11(16-12(7-13)9-21-10-22-16)4-5-19-15-3-1-2-14(8-18)20-15/h1-3,6-7H,4-5,9-10H2,(H,19,20). The van der Waals surface area contributed by atoms with Crippen molar-refractivity contribution < 1.29 is 13.9 Å². The molecule has 1 aliphatic rings. The predicted octanol–water partition coefficient (Wildman–Crippen LogP) is 2.61. The minimum absolute atomic E-state index is 0.185. The van der Waals surface area contributed by atoms with Gasteiger partial charge >= 0.3 is 0 Å². The first-order chi connectivity index (χ1) is 10.8. The first kappa shape index (κ1) is 14.3. The second-order valence-electron chi connectivity index (χ2n) is 4.86. The number of fused-ring (bicyclic) bond motifs is 1. The Bertz CT molecular complexity index is 728. The number of nitrogens with one attached hydrogen (secondary N) is 1. The summed E-state index contributed by atoms with van der Waals surface area (Å²) in [5.41, 5.74) is 1.88. The van der Waals surface area contributed by atoms with Crippen molar-refractivity contribution in [3.63, 3.8) is 0 Å². The van der Waals surface area contributed by atoms with Gasteiger partial charge in [0.15, 0.2) is 6.79 Å². The fraction of sp³-hybridized carbons (Fsp3) is 0.250. The average Bonchev–Trinajstić information content (AvgIpc) is 2.55. The maximum Gasteiger partial charge on any atom is 0.189 e. The number of benzene rings is 1. The van der Waals surface area contributed by atoms with Crippen LogP contribution in [0.25, 0.3) is 0 Å². The molecule has 3 rings (SSSR count). The fourth-order valence-electron chi connectivity index (χ4n) is 2.36. The number of pyridine rings is 1. The molecule has 0 fully saturated rings. The quantitative estimate of drug-likeness (QED) is 0.940. The van der Waals surface area contributed by atoms with Gasteiger partial charge in [0.2, 0.25) is 0 Å². The second-order valence-corrected chi connectivity index (χ2v) is 4.86. The van der Waals surface area contributed by atoms with Crippen LogP contribution in [0.3, 0.4) is 0 Å². The third-order valence-corrected chi connectivity index (χ3v) is 3.32. The molecule has 2 aromatic rings. The third-order valence-electron chi connectivity index (χ3n) is 3.32. The van der Waals surface area contributed by atoms with Crippen LogP contribution in [0, 0.1) is 17.1 Å². The van der Waals surface area contributed by atoms with Gasteiger partial charge in [0, 0.05) is 12.1 Å². The van der Waals surface area contributed by atoms with Gasteiger partial charge in [-0.1, -0.05) is 6.07 Å². The van der Waals surface area contributed by atoms with Gasteiger partial charge in [0.25, 0.3) is 0 Å². The summed E-state index contributed by atoms with van der Waals surface area (Å²) >= 11 is 0. The van der Waals surface area contributed by atoms with E-state index in [0.29, 0.717) is 36.8 Å². The van der Waals surface area contributed by atoms with Gasteiger partial charge in [-0.15, -0.1) is 0 Å². The lowest BCUT2D eigenvalue weighted by Crippen LogP contribution is -2.15. The normalized spacial score (nSPS) is 12.9. The van der Waals surface area contributed by atoms with Crippen molar-refractivity contribution in [3.05, 3.63) is 53.0 Å². The summed E-state index contributed by atoms with van der Waals surface area (Å²) in [5, 5.41) is 11.9. The molecular weight excluding hydrogens is 285 g/mol. The lowest BCUT2D eigenvalue weighted by Gasteiger charge is -2.21. The lowest BCUT2D eigenvalue weighted by atomic mass is 10.1. The molecule has 0 amide bonds. The molecule has 0 saturated heterocycles. The summed E-state index contributed by atoms with van der Waals surface area (Å²) in [6, 6.07) is 10.1. The van der Waals surface area contributed by atoms with E-state index in [1.807, 2.05) is 6.07 Å². The van der Waals surface area contributed by atoms with E-state index >= 15 is 0 Å². The van der Waals surface area contributed by atoms with E-state index in [-0.39, 0.29) is 12.6 Å². The van der Waals surface area contributed by atoms with Crippen LogP contribution in [0.5, 0.6) is 5.75 Å². The van der Waals surface area contributed by atoms with Gasteiger partial charge in [-0.2, -0.15) is 5.26 Å². The molecule has 0 atom stereocenters. The molecule has 0 saturated carbocycles. The van der Waals surface area contributed by atoms with Crippen molar-refractivity contribution in [3.8, 4) is 11.8 Å². The summed E-state index contributed by atoms with van der Waals surface area (Å²) < 4.78 is 24.3. The number of hydrogen-bond donors (Lipinski definition) is 1.